The van der Waals surface area contributed by atoms with E-state index in [1.165, 1.54) is 6.07 Å². The predicted molar refractivity (Wildman–Crippen MR) is 75.7 cm³/mol. The molecule has 2 nitrogen and oxygen atoms in total. The van der Waals surface area contributed by atoms with Crippen molar-refractivity contribution < 1.29 is 9.50 Å². The van der Waals surface area contributed by atoms with E-state index in [1.807, 2.05) is 31.2 Å². The van der Waals surface area contributed by atoms with Crippen LogP contribution in [0.15, 0.2) is 42.5 Å². The molecule has 0 aromatic heterocycles. The summed E-state index contributed by atoms with van der Waals surface area (Å²) in [4.78, 5) is 0. The van der Waals surface area contributed by atoms with Crippen molar-refractivity contribution in [2.75, 3.05) is 11.9 Å². The lowest BCUT2D eigenvalue weighted by Gasteiger charge is -2.09. The number of hydrogen-bond donors (Lipinski definition) is 2. The number of rotatable bonds is 5. The Morgan fingerprint density at radius 2 is 1.84 bits per heavy atom. The summed E-state index contributed by atoms with van der Waals surface area (Å²) in [6, 6.07) is 12.8. The Labute approximate surface area is 112 Å². The van der Waals surface area contributed by atoms with Crippen LogP contribution >= 0.6 is 0 Å². The number of aliphatic hydroxyl groups excluding tert-OH is 1. The molecule has 0 aliphatic heterocycles. The van der Waals surface area contributed by atoms with E-state index in [2.05, 4.69) is 5.32 Å². The Morgan fingerprint density at radius 1 is 1.11 bits per heavy atom. The molecule has 0 spiro atoms. The Morgan fingerprint density at radius 3 is 2.47 bits per heavy atom. The fourth-order valence-electron chi connectivity index (χ4n) is 1.97. The van der Waals surface area contributed by atoms with E-state index in [0.29, 0.717) is 13.0 Å². The molecule has 0 radical (unpaired) electrons. The topological polar surface area (TPSA) is 32.3 Å². The lowest BCUT2D eigenvalue weighted by atomic mass is 10.1. The molecule has 19 heavy (non-hydrogen) atoms. The summed E-state index contributed by atoms with van der Waals surface area (Å²) < 4.78 is 13.0. The molecule has 0 saturated heterocycles. The van der Waals surface area contributed by atoms with Crippen LogP contribution in [0.4, 0.5) is 10.1 Å². The second-order valence-corrected chi connectivity index (χ2v) is 4.59. The van der Waals surface area contributed by atoms with Gasteiger partial charge in [0.15, 0.2) is 0 Å². The van der Waals surface area contributed by atoms with Crippen LogP contribution in [0.5, 0.6) is 0 Å². The molecule has 0 fully saturated rings. The van der Waals surface area contributed by atoms with Crippen LogP contribution in [0.1, 0.15) is 16.7 Å². The van der Waals surface area contributed by atoms with E-state index in [4.69, 9.17) is 5.11 Å². The normalized spacial score (nSPS) is 10.5. The second kappa shape index (κ2) is 6.34. The van der Waals surface area contributed by atoms with E-state index >= 15 is 0 Å². The smallest absolute Gasteiger partial charge is 0.123 e. The second-order valence-electron chi connectivity index (χ2n) is 4.59. The first-order valence-electron chi connectivity index (χ1n) is 6.38. The van der Waals surface area contributed by atoms with Gasteiger partial charge in [0.2, 0.25) is 0 Å². The zero-order valence-corrected chi connectivity index (χ0v) is 11.0. The standard InChI is InChI=1S/C16H18FNO/c1-12-10-15(17)5-4-14(12)11-18-16-6-2-13(3-7-16)8-9-19/h2-7,10,18-19H,8-9,11H2,1H3. The highest BCUT2D eigenvalue weighted by Gasteiger charge is 2.00. The molecule has 0 aliphatic carbocycles. The van der Waals surface area contributed by atoms with Gasteiger partial charge in [-0.3, -0.25) is 0 Å². The van der Waals surface area contributed by atoms with Gasteiger partial charge < -0.3 is 10.4 Å². The summed E-state index contributed by atoms with van der Waals surface area (Å²) >= 11 is 0. The molecule has 0 bridgehead atoms. The monoisotopic (exact) mass is 259 g/mol. The van der Waals surface area contributed by atoms with Crippen LogP contribution in [0.2, 0.25) is 0 Å². The molecule has 100 valence electrons. The predicted octanol–water partition coefficient (Wildman–Crippen LogP) is 3.28. The zero-order valence-electron chi connectivity index (χ0n) is 11.0. The van der Waals surface area contributed by atoms with Crippen LogP contribution < -0.4 is 5.32 Å². The molecule has 0 unspecified atom stereocenters. The summed E-state index contributed by atoms with van der Waals surface area (Å²) in [5, 5.41) is 12.2. The minimum Gasteiger partial charge on any atom is -0.396 e. The van der Waals surface area contributed by atoms with Gasteiger partial charge in [-0.25, -0.2) is 4.39 Å². The minimum atomic E-state index is -0.199. The number of nitrogens with one attached hydrogen (secondary N) is 1. The van der Waals surface area contributed by atoms with Crippen LogP contribution in [-0.4, -0.2) is 11.7 Å². The molecule has 2 N–H and O–H groups in total. The zero-order chi connectivity index (χ0) is 13.7. The molecule has 2 aromatic rings. The summed E-state index contributed by atoms with van der Waals surface area (Å²) in [6.07, 6.45) is 0.678. The summed E-state index contributed by atoms with van der Waals surface area (Å²) in [6.45, 7) is 2.75. The fraction of sp³-hybridized carbons (Fsp3) is 0.250. The molecule has 0 saturated carbocycles. The fourth-order valence-corrected chi connectivity index (χ4v) is 1.97. The molecule has 2 aromatic carbocycles. The van der Waals surface area contributed by atoms with Crippen LogP contribution in [0.3, 0.4) is 0 Å². The third-order valence-corrected chi connectivity index (χ3v) is 3.14. The molecule has 2 rings (SSSR count). The van der Waals surface area contributed by atoms with Crippen molar-refractivity contribution in [3.05, 3.63) is 65.0 Å². The Bertz CT molecular complexity index is 537. The third-order valence-electron chi connectivity index (χ3n) is 3.14. The lowest BCUT2D eigenvalue weighted by Crippen LogP contribution is -2.02. The highest BCUT2D eigenvalue weighted by molar-refractivity contribution is 5.45. The first kappa shape index (κ1) is 13.6. The number of hydrogen-bond acceptors (Lipinski definition) is 2. The van der Waals surface area contributed by atoms with Gasteiger partial charge in [-0.2, -0.15) is 0 Å². The number of anilines is 1. The summed E-state index contributed by atoms with van der Waals surface area (Å²) in [5.74, 6) is -0.199. The van der Waals surface area contributed by atoms with Crippen LogP contribution in [0.25, 0.3) is 0 Å². The lowest BCUT2D eigenvalue weighted by molar-refractivity contribution is 0.299. The molecular formula is C16H18FNO. The van der Waals surface area contributed by atoms with Crippen LogP contribution in [0, 0.1) is 12.7 Å². The number of benzene rings is 2. The number of aryl methyl sites for hydroxylation is 1. The van der Waals surface area contributed by atoms with Crippen LogP contribution in [-0.2, 0) is 13.0 Å². The first-order valence-corrected chi connectivity index (χ1v) is 6.38. The van der Waals surface area contributed by atoms with Gasteiger partial charge in [-0.15, -0.1) is 0 Å². The van der Waals surface area contributed by atoms with Gasteiger partial charge in [0.1, 0.15) is 5.82 Å². The van der Waals surface area contributed by atoms with E-state index in [9.17, 15) is 4.39 Å². The average molecular weight is 259 g/mol. The molecule has 0 aliphatic rings. The molecule has 0 amide bonds. The Balaban J connectivity index is 1.98. The quantitative estimate of drug-likeness (QED) is 0.863. The van der Waals surface area contributed by atoms with E-state index in [1.54, 1.807) is 12.1 Å². The van der Waals surface area contributed by atoms with Gasteiger partial charge in [-0.1, -0.05) is 18.2 Å². The largest absolute Gasteiger partial charge is 0.396 e. The maximum Gasteiger partial charge on any atom is 0.123 e. The Kier molecular flexibility index (Phi) is 4.53. The average Bonchev–Trinajstić information content (AvgIpc) is 2.40. The SMILES string of the molecule is Cc1cc(F)ccc1CNc1ccc(CCO)cc1. The highest BCUT2D eigenvalue weighted by atomic mass is 19.1. The van der Waals surface area contributed by atoms with Crippen molar-refractivity contribution in [3.8, 4) is 0 Å². The number of halogens is 1. The molecule has 0 heterocycles. The molecular weight excluding hydrogens is 241 g/mol. The molecule has 3 heteroatoms. The van der Waals surface area contributed by atoms with Crippen molar-refractivity contribution in [2.45, 2.75) is 19.9 Å². The van der Waals surface area contributed by atoms with Gasteiger partial charge >= 0.3 is 0 Å². The van der Waals surface area contributed by atoms with Gasteiger partial charge in [0.25, 0.3) is 0 Å². The van der Waals surface area contributed by atoms with Crippen molar-refractivity contribution in [2.24, 2.45) is 0 Å². The maximum absolute atomic E-state index is 13.0. The number of aliphatic hydroxyl groups is 1. The van der Waals surface area contributed by atoms with Gasteiger partial charge in [-0.05, 0) is 54.3 Å². The maximum atomic E-state index is 13.0. The van der Waals surface area contributed by atoms with Gasteiger partial charge in [0, 0.05) is 18.8 Å². The van der Waals surface area contributed by atoms with E-state index in [-0.39, 0.29) is 12.4 Å². The highest BCUT2D eigenvalue weighted by Crippen LogP contribution is 2.14. The third kappa shape index (κ3) is 3.80. The van der Waals surface area contributed by atoms with E-state index in [0.717, 1.165) is 22.4 Å². The van der Waals surface area contributed by atoms with E-state index < -0.39 is 0 Å². The van der Waals surface area contributed by atoms with Crippen molar-refractivity contribution in [3.63, 3.8) is 0 Å². The minimum absolute atomic E-state index is 0.168. The summed E-state index contributed by atoms with van der Waals surface area (Å²) in [7, 11) is 0. The Hall–Kier alpha value is -1.87. The summed E-state index contributed by atoms with van der Waals surface area (Å²) in [5.41, 5.74) is 4.17. The van der Waals surface area contributed by atoms with Gasteiger partial charge in [0.05, 0.1) is 0 Å². The van der Waals surface area contributed by atoms with Crippen molar-refractivity contribution in [1.82, 2.24) is 0 Å². The molecule has 0 atom stereocenters. The first-order chi connectivity index (χ1) is 9.19. The van der Waals surface area contributed by atoms with Crippen molar-refractivity contribution in [1.29, 1.82) is 0 Å². The van der Waals surface area contributed by atoms with Crippen molar-refractivity contribution >= 4 is 5.69 Å².